The van der Waals surface area contributed by atoms with Gasteiger partial charge in [-0.2, -0.15) is 0 Å². The van der Waals surface area contributed by atoms with E-state index in [0.717, 1.165) is 18.2 Å². The third-order valence-corrected chi connectivity index (χ3v) is 7.31. The van der Waals surface area contributed by atoms with Crippen LogP contribution in [0, 0.1) is 0 Å². The normalized spacial score (nSPS) is 11.7. The first kappa shape index (κ1) is 15.7. The maximum absolute atomic E-state index is 5.35. The molecule has 0 saturated heterocycles. The first-order chi connectivity index (χ1) is 7.10. The van der Waals surface area contributed by atoms with Gasteiger partial charge >= 0.3 is 8.80 Å². The van der Waals surface area contributed by atoms with Gasteiger partial charge in [0, 0.05) is 33.1 Å². The second-order valence-corrected chi connectivity index (χ2v) is 8.87. The topological polar surface area (TPSA) is 53.7 Å². The number of hydrogen-bond acceptors (Lipinski definition) is 6. The van der Waals surface area contributed by atoms with Crippen LogP contribution in [-0.4, -0.2) is 40.2 Å². The van der Waals surface area contributed by atoms with Gasteiger partial charge in [0.05, 0.1) is 0 Å². The Morgan fingerprint density at radius 3 is 2.20 bits per heavy atom. The highest BCUT2D eigenvalue weighted by Gasteiger charge is 2.36. The van der Waals surface area contributed by atoms with Crippen molar-refractivity contribution in [3.63, 3.8) is 0 Å². The van der Waals surface area contributed by atoms with E-state index >= 15 is 0 Å². The van der Waals surface area contributed by atoms with Gasteiger partial charge in [0.15, 0.2) is 0 Å². The minimum Gasteiger partial charge on any atom is -0.384 e. The molecular weight excluding hydrogens is 270 g/mol. The van der Waals surface area contributed by atoms with Crippen LogP contribution in [0.3, 0.4) is 0 Å². The van der Waals surface area contributed by atoms with Crippen LogP contribution in [0.4, 0.5) is 0 Å². The summed E-state index contributed by atoms with van der Waals surface area (Å²) in [5.74, 6) is 0.951. The molecule has 0 aromatic heterocycles. The molecule has 0 radical (unpaired) electrons. The molecule has 0 fully saturated rings. The Morgan fingerprint density at radius 2 is 1.80 bits per heavy atom. The minimum atomic E-state index is -2.38. The molecule has 8 heteroatoms. The summed E-state index contributed by atoms with van der Waals surface area (Å²) < 4.78 is 16.3. The quantitative estimate of drug-likeness (QED) is 0.316. The van der Waals surface area contributed by atoms with Gasteiger partial charge in [0.25, 0.3) is 0 Å². The monoisotopic (exact) mass is 287 g/mol. The molecule has 0 saturated carbocycles. The molecular formula is C7H17NO3S3Si. The van der Waals surface area contributed by atoms with Crippen molar-refractivity contribution in [2.75, 3.05) is 27.1 Å². The van der Waals surface area contributed by atoms with Crippen molar-refractivity contribution in [1.29, 1.82) is 0 Å². The smallest absolute Gasteiger partial charge is 0.384 e. The Balaban J connectivity index is 3.67. The first-order valence-electron chi connectivity index (χ1n) is 4.34. The van der Waals surface area contributed by atoms with Gasteiger partial charge in [-0.3, -0.25) is 0 Å². The Kier molecular flexibility index (Phi) is 9.20. The van der Waals surface area contributed by atoms with Crippen LogP contribution in [0.5, 0.6) is 0 Å². The van der Waals surface area contributed by atoms with E-state index in [1.54, 1.807) is 32.1 Å². The van der Waals surface area contributed by atoms with Crippen LogP contribution in [0.25, 0.3) is 0 Å². The van der Waals surface area contributed by atoms with Crippen LogP contribution < -0.4 is 5.73 Å². The number of rotatable bonds is 8. The molecule has 0 aliphatic heterocycles. The van der Waals surface area contributed by atoms with Gasteiger partial charge in [0.2, 0.25) is 0 Å². The van der Waals surface area contributed by atoms with Gasteiger partial charge < -0.3 is 19.0 Å². The Bertz CT molecular complexity index is 184. The van der Waals surface area contributed by atoms with Gasteiger partial charge in [-0.05, 0) is 17.2 Å². The molecule has 0 aliphatic rings. The molecule has 0 unspecified atom stereocenters. The van der Waals surface area contributed by atoms with E-state index in [0.29, 0.717) is 4.32 Å². The van der Waals surface area contributed by atoms with Crippen molar-refractivity contribution >= 4 is 46.9 Å². The van der Waals surface area contributed by atoms with Gasteiger partial charge in [-0.1, -0.05) is 23.0 Å². The molecule has 0 spiro atoms. The fraction of sp³-hybridized carbons (Fsp3) is 0.857. The van der Waals surface area contributed by atoms with E-state index in [2.05, 4.69) is 0 Å². The van der Waals surface area contributed by atoms with Gasteiger partial charge in [0.1, 0.15) is 4.32 Å². The maximum Gasteiger partial charge on any atom is 0.500 e. The van der Waals surface area contributed by atoms with Crippen molar-refractivity contribution in [2.45, 2.75) is 12.5 Å². The van der Waals surface area contributed by atoms with E-state index in [1.165, 1.54) is 10.8 Å². The van der Waals surface area contributed by atoms with Gasteiger partial charge in [-0.25, -0.2) is 0 Å². The lowest BCUT2D eigenvalue weighted by Gasteiger charge is -2.23. The van der Waals surface area contributed by atoms with E-state index in [-0.39, 0.29) is 0 Å². The van der Waals surface area contributed by atoms with E-state index < -0.39 is 8.80 Å². The zero-order chi connectivity index (χ0) is 11.7. The van der Waals surface area contributed by atoms with Crippen molar-refractivity contribution in [3.05, 3.63) is 0 Å². The maximum atomic E-state index is 5.35. The molecule has 4 nitrogen and oxygen atoms in total. The predicted molar refractivity (Wildman–Crippen MR) is 73.0 cm³/mol. The minimum absolute atomic E-state index is 0.466. The highest BCUT2D eigenvalue weighted by atomic mass is 33.1. The summed E-state index contributed by atoms with van der Waals surface area (Å²) in [6, 6.07) is 0.807. The zero-order valence-corrected chi connectivity index (χ0v) is 12.6. The number of hydrogen-bond donors (Lipinski definition) is 1. The van der Waals surface area contributed by atoms with Crippen LogP contribution in [0.2, 0.25) is 6.04 Å². The van der Waals surface area contributed by atoms with Crippen LogP contribution in [-0.2, 0) is 13.3 Å². The fourth-order valence-electron chi connectivity index (χ4n) is 1.00. The Morgan fingerprint density at radius 1 is 1.27 bits per heavy atom. The van der Waals surface area contributed by atoms with Crippen molar-refractivity contribution in [2.24, 2.45) is 5.73 Å². The second kappa shape index (κ2) is 8.80. The predicted octanol–water partition coefficient (Wildman–Crippen LogP) is 1.88. The van der Waals surface area contributed by atoms with E-state index in [9.17, 15) is 0 Å². The average Bonchev–Trinajstić information content (AvgIpc) is 2.24. The summed E-state index contributed by atoms with van der Waals surface area (Å²) >= 11 is 4.74. The van der Waals surface area contributed by atoms with Crippen molar-refractivity contribution < 1.29 is 13.3 Å². The molecule has 0 bridgehead atoms. The third kappa shape index (κ3) is 6.77. The summed E-state index contributed by atoms with van der Waals surface area (Å²) in [4.78, 5) is 0. The molecule has 0 rings (SSSR count). The summed E-state index contributed by atoms with van der Waals surface area (Å²) in [5.41, 5.74) is 5.35. The Hall–Kier alpha value is 0.687. The molecule has 2 N–H and O–H groups in total. The summed E-state index contributed by atoms with van der Waals surface area (Å²) in [6.45, 7) is 0. The molecule has 15 heavy (non-hydrogen) atoms. The number of thiocarbonyl (C=S) groups is 1. The van der Waals surface area contributed by atoms with E-state index in [4.69, 9.17) is 31.2 Å². The van der Waals surface area contributed by atoms with Crippen LogP contribution >= 0.6 is 33.8 Å². The SMILES string of the molecule is CO[Si](CCCSSC(N)=S)(OC)OC. The second-order valence-electron chi connectivity index (χ2n) is 2.62. The highest BCUT2D eigenvalue weighted by molar-refractivity contribution is 8.83. The van der Waals surface area contributed by atoms with Gasteiger partial charge in [-0.15, -0.1) is 0 Å². The van der Waals surface area contributed by atoms with Crippen LogP contribution in [0.1, 0.15) is 6.42 Å². The lowest BCUT2D eigenvalue weighted by molar-refractivity contribution is 0.123. The first-order valence-corrected chi connectivity index (χ1v) is 9.00. The lowest BCUT2D eigenvalue weighted by atomic mass is 10.6. The molecule has 0 atom stereocenters. The largest absolute Gasteiger partial charge is 0.500 e. The zero-order valence-electron chi connectivity index (χ0n) is 9.15. The summed E-state index contributed by atoms with van der Waals surface area (Å²) in [6.07, 6.45) is 0.960. The standard InChI is InChI=1S/C7H17NO3S3Si/c1-9-15(10-2,11-3)6-4-5-13-14-7(8)12/h4-6H2,1-3H3,(H2,8,12). The Labute approximate surface area is 105 Å². The third-order valence-electron chi connectivity index (χ3n) is 1.78. The molecule has 0 aliphatic carbocycles. The summed E-state index contributed by atoms with van der Waals surface area (Å²) in [5, 5.41) is 0. The molecule has 0 aromatic rings. The fourth-order valence-corrected chi connectivity index (χ4v) is 4.83. The van der Waals surface area contributed by atoms with Crippen molar-refractivity contribution in [3.8, 4) is 0 Å². The molecule has 0 heterocycles. The molecule has 0 aromatic carbocycles. The highest BCUT2D eigenvalue weighted by Crippen LogP contribution is 2.24. The number of nitrogens with two attached hydrogens (primary N) is 1. The molecule has 0 amide bonds. The lowest BCUT2D eigenvalue weighted by Crippen LogP contribution is -2.42. The summed E-state index contributed by atoms with van der Waals surface area (Å²) in [7, 11) is 5.55. The van der Waals surface area contributed by atoms with E-state index in [1.807, 2.05) is 0 Å². The van der Waals surface area contributed by atoms with Crippen molar-refractivity contribution in [1.82, 2.24) is 0 Å². The average molecular weight is 288 g/mol. The molecule has 90 valence electrons. The van der Waals surface area contributed by atoms with Crippen LogP contribution in [0.15, 0.2) is 0 Å².